The Morgan fingerprint density at radius 1 is 1.17 bits per heavy atom. The number of rotatable bonds is 4. The zero-order valence-electron chi connectivity index (χ0n) is 12.5. The van der Waals surface area contributed by atoms with E-state index in [2.05, 4.69) is 10.2 Å². The predicted molar refractivity (Wildman–Crippen MR) is 98.2 cm³/mol. The molecular formula is C16H17ClN2OS3. The first-order valence-corrected chi connectivity index (χ1v) is 10.6. The molecule has 7 heteroatoms. The van der Waals surface area contributed by atoms with E-state index in [1.54, 1.807) is 34.4 Å². The summed E-state index contributed by atoms with van der Waals surface area (Å²) in [5.41, 5.74) is 0. The van der Waals surface area contributed by atoms with Gasteiger partial charge in [-0.3, -0.25) is 4.79 Å². The van der Waals surface area contributed by atoms with Gasteiger partial charge < -0.3 is 10.2 Å². The van der Waals surface area contributed by atoms with E-state index in [0.717, 1.165) is 24.2 Å². The second-order valence-corrected chi connectivity index (χ2v) is 10.4. The highest BCUT2D eigenvalue weighted by Crippen LogP contribution is 2.38. The molecule has 3 fully saturated rings. The second-order valence-electron chi connectivity index (χ2n) is 6.00. The highest BCUT2D eigenvalue weighted by atomic mass is 35.5. The van der Waals surface area contributed by atoms with Gasteiger partial charge in [0.2, 0.25) is 0 Å². The number of carbonyl (C=O) groups excluding carboxylic acids is 1. The van der Waals surface area contributed by atoms with Crippen LogP contribution in [0.4, 0.5) is 0 Å². The van der Waals surface area contributed by atoms with Crippen LogP contribution in [0.3, 0.4) is 0 Å². The summed E-state index contributed by atoms with van der Waals surface area (Å²) in [5, 5.41) is 3.25. The van der Waals surface area contributed by atoms with Gasteiger partial charge in [0, 0.05) is 12.6 Å². The summed E-state index contributed by atoms with van der Waals surface area (Å²) in [6.07, 6.45) is 2.44. The first-order valence-electron chi connectivity index (χ1n) is 7.73. The molecule has 122 valence electrons. The molecule has 5 heterocycles. The molecule has 5 rings (SSSR count). The molecule has 1 amide bonds. The van der Waals surface area contributed by atoms with E-state index in [1.807, 2.05) is 24.3 Å². The molecule has 0 unspecified atom stereocenters. The van der Waals surface area contributed by atoms with E-state index < -0.39 is 0 Å². The molecule has 23 heavy (non-hydrogen) atoms. The van der Waals surface area contributed by atoms with Crippen LogP contribution in [0.15, 0.2) is 32.7 Å². The lowest BCUT2D eigenvalue weighted by Gasteiger charge is -2.44. The summed E-state index contributed by atoms with van der Waals surface area (Å²) in [7, 11) is 0. The Balaban J connectivity index is 1.39. The van der Waals surface area contributed by atoms with Crippen LogP contribution in [0.2, 0.25) is 4.34 Å². The molecule has 2 aromatic rings. The zero-order chi connectivity index (χ0) is 15.8. The van der Waals surface area contributed by atoms with E-state index in [1.165, 1.54) is 25.9 Å². The third kappa shape index (κ3) is 3.61. The Labute approximate surface area is 153 Å². The second kappa shape index (κ2) is 6.76. The van der Waals surface area contributed by atoms with Crippen LogP contribution in [-0.4, -0.2) is 36.5 Å². The number of hydrogen-bond acceptors (Lipinski definition) is 5. The van der Waals surface area contributed by atoms with Crippen LogP contribution in [0, 0.1) is 5.92 Å². The molecule has 2 aromatic heterocycles. The number of nitrogens with one attached hydrogen (secondary N) is 1. The third-order valence-electron chi connectivity index (χ3n) is 4.53. The maximum Gasteiger partial charge on any atom is 0.261 e. The summed E-state index contributed by atoms with van der Waals surface area (Å²) >= 11 is 10.8. The zero-order valence-corrected chi connectivity index (χ0v) is 15.7. The molecule has 0 radical (unpaired) electrons. The Kier molecular flexibility index (Phi) is 4.70. The van der Waals surface area contributed by atoms with Crippen LogP contribution >= 0.6 is 46.0 Å². The lowest BCUT2D eigenvalue weighted by Crippen LogP contribution is -2.57. The molecule has 0 aromatic carbocycles. The Bertz CT molecular complexity index is 706. The van der Waals surface area contributed by atoms with Gasteiger partial charge in [-0.1, -0.05) is 23.4 Å². The molecule has 0 spiro atoms. The Morgan fingerprint density at radius 2 is 1.91 bits per heavy atom. The number of carbonyl (C=O) groups is 1. The highest BCUT2D eigenvalue weighted by molar-refractivity contribution is 8.03. The largest absolute Gasteiger partial charge is 0.347 e. The molecule has 2 bridgehead atoms. The van der Waals surface area contributed by atoms with Crippen molar-refractivity contribution in [2.45, 2.75) is 27.3 Å². The molecule has 1 N–H and O–H groups in total. The standard InChI is InChI=1S/C16H17ClN2OS3/c17-13-2-4-15(22-13)23-14-3-1-12(21-14)16(20)18-11-9-19-7-5-10(11)6-8-19/h1-4,10-11H,5-9H2,(H,18,20)/t11-/m0/s1. The highest BCUT2D eigenvalue weighted by Gasteiger charge is 2.35. The molecule has 0 saturated carbocycles. The van der Waals surface area contributed by atoms with E-state index in [4.69, 9.17) is 11.6 Å². The fourth-order valence-corrected chi connectivity index (χ4v) is 6.91. The van der Waals surface area contributed by atoms with E-state index in [-0.39, 0.29) is 5.91 Å². The quantitative estimate of drug-likeness (QED) is 0.845. The Hall–Kier alpha value is -0.530. The monoisotopic (exact) mass is 384 g/mol. The van der Waals surface area contributed by atoms with Gasteiger partial charge in [0.25, 0.3) is 5.91 Å². The fourth-order valence-electron chi connectivity index (χ4n) is 3.32. The molecule has 3 nitrogen and oxygen atoms in total. The lowest BCUT2D eigenvalue weighted by molar-refractivity contribution is 0.0622. The van der Waals surface area contributed by atoms with Crippen LogP contribution in [0.5, 0.6) is 0 Å². The van der Waals surface area contributed by atoms with Crippen molar-refractivity contribution in [2.24, 2.45) is 5.92 Å². The van der Waals surface area contributed by atoms with Gasteiger partial charge in [0.15, 0.2) is 0 Å². The third-order valence-corrected chi connectivity index (χ3v) is 8.11. The van der Waals surface area contributed by atoms with Crippen molar-refractivity contribution < 1.29 is 4.79 Å². The van der Waals surface area contributed by atoms with Crippen molar-refractivity contribution in [3.8, 4) is 0 Å². The number of halogens is 1. The van der Waals surface area contributed by atoms with Crippen LogP contribution in [-0.2, 0) is 0 Å². The number of piperidine rings is 3. The fraction of sp³-hybridized carbons (Fsp3) is 0.438. The number of amides is 1. The number of fused-ring (bicyclic) bond motifs is 3. The van der Waals surface area contributed by atoms with Gasteiger partial charge in [-0.05, 0) is 56.1 Å². The minimum Gasteiger partial charge on any atom is -0.347 e. The predicted octanol–water partition coefficient (Wildman–Crippen LogP) is 4.44. The SMILES string of the molecule is O=C(N[C@H]1CN2CCC1CC2)c1ccc(Sc2ccc(Cl)s2)s1. The van der Waals surface area contributed by atoms with Crippen molar-refractivity contribution in [1.82, 2.24) is 10.2 Å². The van der Waals surface area contributed by atoms with Crippen molar-refractivity contribution in [2.75, 3.05) is 19.6 Å². The van der Waals surface area contributed by atoms with Crippen LogP contribution < -0.4 is 5.32 Å². The van der Waals surface area contributed by atoms with Gasteiger partial charge in [-0.25, -0.2) is 0 Å². The molecular weight excluding hydrogens is 368 g/mol. The summed E-state index contributed by atoms with van der Waals surface area (Å²) < 4.78 is 3.08. The van der Waals surface area contributed by atoms with Crippen LogP contribution in [0.25, 0.3) is 0 Å². The van der Waals surface area contributed by atoms with E-state index in [9.17, 15) is 4.79 Å². The van der Waals surface area contributed by atoms with Crippen molar-refractivity contribution in [3.63, 3.8) is 0 Å². The number of nitrogens with zero attached hydrogens (tertiary/aromatic N) is 1. The maximum atomic E-state index is 12.5. The lowest BCUT2D eigenvalue weighted by atomic mass is 9.84. The molecule has 3 aliphatic heterocycles. The minimum absolute atomic E-state index is 0.0739. The van der Waals surface area contributed by atoms with Crippen molar-refractivity contribution in [3.05, 3.63) is 33.5 Å². The topological polar surface area (TPSA) is 32.3 Å². The van der Waals surface area contributed by atoms with Crippen LogP contribution in [0.1, 0.15) is 22.5 Å². The first-order chi connectivity index (χ1) is 11.2. The van der Waals surface area contributed by atoms with E-state index >= 15 is 0 Å². The molecule has 1 atom stereocenters. The number of thiophene rings is 2. The smallest absolute Gasteiger partial charge is 0.261 e. The average molecular weight is 385 g/mol. The van der Waals surface area contributed by atoms with Crippen molar-refractivity contribution in [1.29, 1.82) is 0 Å². The van der Waals surface area contributed by atoms with Gasteiger partial charge in [-0.2, -0.15) is 0 Å². The van der Waals surface area contributed by atoms with Gasteiger partial charge in [0.05, 0.1) is 17.6 Å². The summed E-state index contributed by atoms with van der Waals surface area (Å²) in [5.74, 6) is 0.732. The van der Waals surface area contributed by atoms with Gasteiger partial charge >= 0.3 is 0 Å². The van der Waals surface area contributed by atoms with E-state index in [0.29, 0.717) is 12.0 Å². The summed E-state index contributed by atoms with van der Waals surface area (Å²) in [4.78, 5) is 15.8. The molecule has 3 aliphatic rings. The Morgan fingerprint density at radius 3 is 2.57 bits per heavy atom. The minimum atomic E-state index is 0.0739. The normalized spacial score (nSPS) is 26.4. The molecule has 3 saturated heterocycles. The van der Waals surface area contributed by atoms with Gasteiger partial charge in [-0.15, -0.1) is 22.7 Å². The average Bonchev–Trinajstić information content (AvgIpc) is 3.18. The summed E-state index contributed by atoms with van der Waals surface area (Å²) in [6.45, 7) is 3.40. The number of hydrogen-bond donors (Lipinski definition) is 1. The van der Waals surface area contributed by atoms with Gasteiger partial charge in [0.1, 0.15) is 0 Å². The van der Waals surface area contributed by atoms with Crippen molar-refractivity contribution >= 4 is 51.9 Å². The maximum absolute atomic E-state index is 12.5. The first kappa shape index (κ1) is 16.0. The molecule has 0 aliphatic carbocycles. The summed E-state index contributed by atoms with van der Waals surface area (Å²) in [6, 6.07) is 8.19.